The Hall–Kier alpha value is -2.60. The molecule has 1 aliphatic rings. The van der Waals surface area contributed by atoms with Crippen molar-refractivity contribution in [1.82, 2.24) is 5.32 Å². The zero-order valence-electron chi connectivity index (χ0n) is 14.1. The highest BCUT2D eigenvalue weighted by atomic mass is 16.6. The van der Waals surface area contributed by atoms with Crippen LogP contribution in [-0.4, -0.2) is 31.1 Å². The molecular weight excluding hydrogens is 322 g/mol. The Morgan fingerprint density at radius 2 is 2.08 bits per heavy atom. The Labute approximate surface area is 146 Å². The highest BCUT2D eigenvalue weighted by Crippen LogP contribution is 2.21. The fourth-order valence-electron chi connectivity index (χ4n) is 2.69. The van der Waals surface area contributed by atoms with Crippen molar-refractivity contribution in [2.75, 3.05) is 13.2 Å². The Balaban J connectivity index is 1.72. The number of hydrogen-bond acceptors (Lipinski definition) is 5. The van der Waals surface area contributed by atoms with E-state index in [1.807, 2.05) is 19.1 Å². The van der Waals surface area contributed by atoms with E-state index >= 15 is 0 Å². The van der Waals surface area contributed by atoms with Gasteiger partial charge in [0.25, 0.3) is 5.91 Å². The average Bonchev–Trinajstić information content (AvgIpc) is 3.31. The van der Waals surface area contributed by atoms with E-state index in [1.165, 1.54) is 12.3 Å². The second-order valence-electron chi connectivity index (χ2n) is 6.05. The number of nitrogens with one attached hydrogen (secondary N) is 1. The lowest BCUT2D eigenvalue weighted by Crippen LogP contribution is -2.37. The van der Waals surface area contributed by atoms with Crippen molar-refractivity contribution in [3.63, 3.8) is 0 Å². The molecule has 25 heavy (non-hydrogen) atoms. The minimum absolute atomic E-state index is 0.0170. The summed E-state index contributed by atoms with van der Waals surface area (Å²) in [6.07, 6.45) is 2.27. The molecule has 0 saturated carbocycles. The second kappa shape index (κ2) is 7.98. The molecule has 1 N–H and O–H groups in total. The molecule has 2 unspecified atom stereocenters. The quantitative estimate of drug-likeness (QED) is 0.816. The van der Waals surface area contributed by atoms with Crippen LogP contribution in [0.4, 0.5) is 0 Å². The molecular formula is C19H21NO5. The van der Waals surface area contributed by atoms with E-state index in [1.54, 1.807) is 18.2 Å². The normalized spacial score (nSPS) is 17.9. The molecule has 3 rings (SSSR count). The fraction of sp³-hybridized carbons (Fsp3) is 0.368. The average molecular weight is 343 g/mol. The zero-order valence-corrected chi connectivity index (χ0v) is 14.1. The van der Waals surface area contributed by atoms with Crippen molar-refractivity contribution in [1.29, 1.82) is 0 Å². The summed E-state index contributed by atoms with van der Waals surface area (Å²) in [6, 6.07) is 10.4. The van der Waals surface area contributed by atoms with Crippen molar-refractivity contribution < 1.29 is 23.5 Å². The summed E-state index contributed by atoms with van der Waals surface area (Å²) in [4.78, 5) is 24.8. The Bertz CT molecular complexity index is 702. The lowest BCUT2D eigenvalue weighted by Gasteiger charge is -2.19. The Morgan fingerprint density at radius 1 is 1.28 bits per heavy atom. The van der Waals surface area contributed by atoms with Crippen molar-refractivity contribution in [3.05, 3.63) is 59.5 Å². The molecule has 2 aromatic rings. The van der Waals surface area contributed by atoms with E-state index in [2.05, 4.69) is 5.32 Å². The number of rotatable bonds is 6. The first-order valence-corrected chi connectivity index (χ1v) is 8.34. The smallest absolute Gasteiger partial charge is 0.375 e. The molecule has 2 atom stereocenters. The third-order valence-corrected chi connectivity index (χ3v) is 4.09. The highest BCUT2D eigenvalue weighted by Gasteiger charge is 2.27. The van der Waals surface area contributed by atoms with Gasteiger partial charge in [-0.1, -0.05) is 29.8 Å². The van der Waals surface area contributed by atoms with Crippen LogP contribution in [-0.2, 0) is 14.3 Å². The second-order valence-corrected chi connectivity index (χ2v) is 6.05. The van der Waals surface area contributed by atoms with Crippen molar-refractivity contribution in [2.45, 2.75) is 32.0 Å². The predicted molar refractivity (Wildman–Crippen MR) is 90.0 cm³/mol. The van der Waals surface area contributed by atoms with Crippen LogP contribution in [0.3, 0.4) is 0 Å². The van der Waals surface area contributed by atoms with Crippen LogP contribution in [0, 0.1) is 6.92 Å². The number of benzene rings is 1. The van der Waals surface area contributed by atoms with E-state index in [9.17, 15) is 9.59 Å². The maximum Gasteiger partial charge on any atom is 0.375 e. The monoisotopic (exact) mass is 343 g/mol. The molecule has 1 fully saturated rings. The lowest BCUT2D eigenvalue weighted by atomic mass is 10.1. The summed E-state index contributed by atoms with van der Waals surface area (Å²) in [7, 11) is 0. The van der Waals surface area contributed by atoms with Gasteiger partial charge in [-0.05, 0) is 31.9 Å². The largest absolute Gasteiger partial charge is 0.457 e. The zero-order chi connectivity index (χ0) is 17.6. The molecule has 0 bridgehead atoms. The van der Waals surface area contributed by atoms with Gasteiger partial charge in [0, 0.05) is 18.7 Å². The van der Waals surface area contributed by atoms with Crippen LogP contribution in [0.2, 0.25) is 0 Å². The Morgan fingerprint density at radius 3 is 2.72 bits per heavy atom. The summed E-state index contributed by atoms with van der Waals surface area (Å²) in [5.41, 5.74) is 1.66. The van der Waals surface area contributed by atoms with Crippen LogP contribution in [0.25, 0.3) is 0 Å². The van der Waals surface area contributed by atoms with E-state index < -0.39 is 12.1 Å². The maximum absolute atomic E-state index is 12.6. The number of furan rings is 1. The molecule has 2 heterocycles. The van der Waals surface area contributed by atoms with Gasteiger partial charge in [0.1, 0.15) is 0 Å². The van der Waals surface area contributed by atoms with E-state index in [0.717, 1.165) is 25.0 Å². The number of amides is 1. The molecule has 132 valence electrons. The van der Waals surface area contributed by atoms with Crippen molar-refractivity contribution in [3.8, 4) is 0 Å². The number of hydrogen-bond donors (Lipinski definition) is 1. The molecule has 1 aliphatic heterocycles. The van der Waals surface area contributed by atoms with Crippen LogP contribution >= 0.6 is 0 Å². The first-order valence-electron chi connectivity index (χ1n) is 8.34. The first kappa shape index (κ1) is 17.2. The van der Waals surface area contributed by atoms with Gasteiger partial charge in [0.2, 0.25) is 11.9 Å². The van der Waals surface area contributed by atoms with Crippen LogP contribution in [0.15, 0.2) is 47.1 Å². The number of aryl methyl sites for hydroxylation is 1. The Kier molecular flexibility index (Phi) is 5.50. The van der Waals surface area contributed by atoms with Crippen LogP contribution in [0.1, 0.15) is 40.6 Å². The molecule has 1 aromatic heterocycles. The van der Waals surface area contributed by atoms with Crippen molar-refractivity contribution in [2.24, 2.45) is 0 Å². The standard InChI is InChI=1S/C19H21NO5/c1-13-6-8-14(9-7-13)17(25-19(22)16-5-3-11-24-16)18(21)20-12-15-4-2-10-23-15/h3,5-9,11,15,17H,2,4,10,12H2,1H3,(H,20,21). The molecule has 6 heteroatoms. The molecule has 0 radical (unpaired) electrons. The fourth-order valence-corrected chi connectivity index (χ4v) is 2.69. The molecule has 1 amide bonds. The third-order valence-electron chi connectivity index (χ3n) is 4.09. The van der Waals surface area contributed by atoms with Gasteiger partial charge < -0.3 is 19.2 Å². The van der Waals surface area contributed by atoms with Crippen LogP contribution < -0.4 is 5.32 Å². The minimum Gasteiger partial charge on any atom is -0.457 e. The molecule has 0 aliphatic carbocycles. The molecule has 1 saturated heterocycles. The number of carbonyl (C=O) groups excluding carboxylic acids is 2. The highest BCUT2D eigenvalue weighted by molar-refractivity contribution is 5.90. The van der Waals surface area contributed by atoms with Gasteiger partial charge >= 0.3 is 5.97 Å². The van der Waals surface area contributed by atoms with Crippen molar-refractivity contribution >= 4 is 11.9 Å². The van der Waals surface area contributed by atoms with Gasteiger partial charge in [-0.2, -0.15) is 0 Å². The first-order chi connectivity index (χ1) is 12.1. The van der Waals surface area contributed by atoms with Gasteiger partial charge in [-0.15, -0.1) is 0 Å². The summed E-state index contributed by atoms with van der Waals surface area (Å²) >= 11 is 0. The van der Waals surface area contributed by atoms with E-state index in [4.69, 9.17) is 13.9 Å². The van der Waals surface area contributed by atoms with E-state index in [0.29, 0.717) is 12.1 Å². The summed E-state index contributed by atoms with van der Waals surface area (Å²) in [5, 5.41) is 2.82. The van der Waals surface area contributed by atoms with Gasteiger partial charge in [-0.25, -0.2) is 4.79 Å². The minimum atomic E-state index is -1.04. The topological polar surface area (TPSA) is 77.8 Å². The number of ether oxygens (including phenoxy) is 2. The van der Waals surface area contributed by atoms with Crippen LogP contribution in [0.5, 0.6) is 0 Å². The summed E-state index contributed by atoms with van der Waals surface area (Å²) < 4.78 is 16.0. The summed E-state index contributed by atoms with van der Waals surface area (Å²) in [5.74, 6) is -0.994. The number of esters is 1. The van der Waals surface area contributed by atoms with E-state index in [-0.39, 0.29) is 17.8 Å². The SMILES string of the molecule is Cc1ccc(C(OC(=O)c2ccco2)C(=O)NCC2CCCO2)cc1. The molecule has 1 aromatic carbocycles. The van der Waals surface area contributed by atoms with Gasteiger partial charge in [0.05, 0.1) is 12.4 Å². The lowest BCUT2D eigenvalue weighted by molar-refractivity contribution is -0.130. The molecule has 0 spiro atoms. The third kappa shape index (κ3) is 4.48. The molecule has 6 nitrogen and oxygen atoms in total. The summed E-state index contributed by atoms with van der Waals surface area (Å²) in [6.45, 7) is 3.07. The van der Waals surface area contributed by atoms with Gasteiger partial charge in [0.15, 0.2) is 0 Å². The predicted octanol–water partition coefficient (Wildman–Crippen LogP) is 2.78. The number of carbonyl (C=O) groups is 2. The maximum atomic E-state index is 12.6. The van der Waals surface area contributed by atoms with Gasteiger partial charge in [-0.3, -0.25) is 4.79 Å².